The highest BCUT2D eigenvalue weighted by Crippen LogP contribution is 2.47. The summed E-state index contributed by atoms with van der Waals surface area (Å²) in [5, 5.41) is 10.1. The molecule has 21 heavy (non-hydrogen) atoms. The zero-order valence-corrected chi connectivity index (χ0v) is 10.8. The fraction of sp³-hybridized carbons (Fsp3) is 0.308. The molecule has 2 rings (SSSR count). The number of primary amides is 1. The third-order valence-corrected chi connectivity index (χ3v) is 2.83. The number of aliphatic hydroxyl groups excluding tert-OH is 1. The molecule has 6 nitrogen and oxygen atoms in total. The molecule has 1 aromatic carbocycles. The van der Waals surface area contributed by atoms with Gasteiger partial charge in [0.15, 0.2) is 11.5 Å². The number of carbonyl (C=O) groups is 1. The van der Waals surface area contributed by atoms with Gasteiger partial charge in [0.25, 0.3) is 0 Å². The molecule has 0 aromatic heterocycles. The normalized spacial score (nSPS) is 16.3. The number of carbonyl (C=O) groups excluding carboxylic acids is 1. The number of ether oxygens (including phenoxy) is 3. The van der Waals surface area contributed by atoms with Crippen molar-refractivity contribution in [3.63, 3.8) is 0 Å². The molecule has 0 fully saturated rings. The van der Waals surface area contributed by atoms with Crippen LogP contribution in [-0.2, 0) is 4.74 Å². The summed E-state index contributed by atoms with van der Waals surface area (Å²) < 4.78 is 39.5. The summed E-state index contributed by atoms with van der Waals surface area (Å²) in [5.41, 5.74) is 5.29. The van der Waals surface area contributed by atoms with E-state index in [9.17, 15) is 18.7 Å². The Balaban J connectivity index is 2.27. The number of rotatable bonds is 5. The van der Waals surface area contributed by atoms with Crippen LogP contribution in [0, 0.1) is 0 Å². The van der Waals surface area contributed by atoms with Gasteiger partial charge in [-0.2, -0.15) is 0 Å². The number of hydrogen-bond acceptors (Lipinski definition) is 5. The minimum atomic E-state index is -3.79. The van der Waals surface area contributed by atoms with E-state index >= 15 is 0 Å². The number of alkyl halides is 2. The Morgan fingerprint density at radius 1 is 1.52 bits per heavy atom. The number of amides is 1. The number of nitrogens with two attached hydrogens (primary N) is 1. The van der Waals surface area contributed by atoms with Gasteiger partial charge in [0, 0.05) is 12.0 Å². The largest absolute Gasteiger partial charge is 0.586 e. The van der Waals surface area contributed by atoms with Crippen molar-refractivity contribution in [3.8, 4) is 11.5 Å². The Labute approximate surface area is 118 Å². The van der Waals surface area contributed by atoms with Crippen molar-refractivity contribution >= 4 is 12.2 Å². The fourth-order valence-corrected chi connectivity index (χ4v) is 1.99. The van der Waals surface area contributed by atoms with Gasteiger partial charge in [0.05, 0.1) is 12.7 Å². The first-order chi connectivity index (χ1) is 9.84. The van der Waals surface area contributed by atoms with Gasteiger partial charge in [0.1, 0.15) is 0 Å². The van der Waals surface area contributed by atoms with E-state index in [-0.39, 0.29) is 30.1 Å². The number of halogens is 2. The van der Waals surface area contributed by atoms with Gasteiger partial charge in [-0.3, -0.25) is 0 Å². The van der Waals surface area contributed by atoms with Crippen molar-refractivity contribution in [1.29, 1.82) is 0 Å². The summed E-state index contributed by atoms with van der Waals surface area (Å²) in [6, 6.07) is 2.76. The number of aliphatic hydroxyl groups is 1. The molecule has 0 saturated heterocycles. The summed E-state index contributed by atoms with van der Waals surface area (Å²) >= 11 is 0. The molecule has 1 aromatic rings. The van der Waals surface area contributed by atoms with Crippen LogP contribution in [0.2, 0.25) is 0 Å². The molecule has 0 spiro atoms. The van der Waals surface area contributed by atoms with E-state index in [4.69, 9.17) is 5.73 Å². The standard InChI is InChI=1S/C13H13F2NO5/c1-2-7-3-4-9-11(21-13(14,15)20-9)10(7)8(17)5-6-19-12(16)18/h2-4,8,17H,1,5-6H2,(H2,16,18). The Morgan fingerprint density at radius 3 is 2.86 bits per heavy atom. The van der Waals surface area contributed by atoms with Crippen LogP contribution in [0.4, 0.5) is 13.6 Å². The number of fused-ring (bicyclic) bond motifs is 1. The van der Waals surface area contributed by atoms with Gasteiger partial charge >= 0.3 is 12.4 Å². The maximum atomic E-state index is 13.1. The highest BCUT2D eigenvalue weighted by Gasteiger charge is 2.45. The van der Waals surface area contributed by atoms with E-state index < -0.39 is 18.5 Å². The van der Waals surface area contributed by atoms with E-state index in [1.54, 1.807) is 0 Å². The molecule has 1 heterocycles. The molecule has 0 saturated carbocycles. The molecular formula is C13H13F2NO5. The maximum absolute atomic E-state index is 13.1. The van der Waals surface area contributed by atoms with E-state index in [0.717, 1.165) is 0 Å². The van der Waals surface area contributed by atoms with Gasteiger partial charge in [0.2, 0.25) is 0 Å². The first kappa shape index (κ1) is 15.0. The van der Waals surface area contributed by atoms with E-state index in [0.29, 0.717) is 5.56 Å². The second kappa shape index (κ2) is 5.57. The highest BCUT2D eigenvalue weighted by molar-refractivity contribution is 5.64. The summed E-state index contributed by atoms with van der Waals surface area (Å²) in [4.78, 5) is 10.5. The molecule has 3 N–H and O–H groups in total. The Hall–Kier alpha value is -2.35. The number of hydrogen-bond donors (Lipinski definition) is 2. The van der Waals surface area contributed by atoms with Gasteiger partial charge in [-0.15, -0.1) is 8.78 Å². The van der Waals surface area contributed by atoms with Crippen molar-refractivity contribution in [3.05, 3.63) is 29.8 Å². The zero-order chi connectivity index (χ0) is 15.6. The van der Waals surface area contributed by atoms with Crippen LogP contribution in [0.1, 0.15) is 23.7 Å². The summed E-state index contributed by atoms with van der Waals surface area (Å²) in [6.45, 7) is 3.37. The molecule has 1 aliphatic rings. The van der Waals surface area contributed by atoms with Crippen molar-refractivity contribution in [2.24, 2.45) is 5.73 Å². The van der Waals surface area contributed by atoms with Crippen LogP contribution < -0.4 is 15.2 Å². The third kappa shape index (κ3) is 3.22. The average molecular weight is 301 g/mol. The predicted molar refractivity (Wildman–Crippen MR) is 67.8 cm³/mol. The predicted octanol–water partition coefficient (Wildman–Crippen LogP) is 2.17. The van der Waals surface area contributed by atoms with Gasteiger partial charge in [-0.25, -0.2) is 4.79 Å². The molecule has 0 radical (unpaired) electrons. The molecule has 0 aliphatic carbocycles. The lowest BCUT2D eigenvalue weighted by Gasteiger charge is -2.16. The second-order valence-electron chi connectivity index (χ2n) is 4.24. The van der Waals surface area contributed by atoms with Crippen LogP contribution in [0.3, 0.4) is 0 Å². The molecule has 114 valence electrons. The Morgan fingerprint density at radius 2 is 2.24 bits per heavy atom. The quantitative estimate of drug-likeness (QED) is 0.869. The molecule has 1 atom stereocenters. The monoisotopic (exact) mass is 301 g/mol. The average Bonchev–Trinajstić information content (AvgIpc) is 2.70. The Kier molecular flexibility index (Phi) is 3.99. The van der Waals surface area contributed by atoms with Crippen LogP contribution in [-0.4, -0.2) is 24.1 Å². The van der Waals surface area contributed by atoms with E-state index in [1.807, 2.05) is 0 Å². The topological polar surface area (TPSA) is 91.0 Å². The van der Waals surface area contributed by atoms with E-state index in [2.05, 4.69) is 20.8 Å². The third-order valence-electron chi connectivity index (χ3n) is 2.83. The van der Waals surface area contributed by atoms with Crippen LogP contribution in [0.5, 0.6) is 11.5 Å². The van der Waals surface area contributed by atoms with Crippen molar-refractivity contribution in [1.82, 2.24) is 0 Å². The van der Waals surface area contributed by atoms with Gasteiger partial charge in [-0.1, -0.05) is 18.7 Å². The lowest BCUT2D eigenvalue weighted by molar-refractivity contribution is -0.287. The van der Waals surface area contributed by atoms with Crippen LogP contribution in [0.25, 0.3) is 6.08 Å². The van der Waals surface area contributed by atoms with Crippen LogP contribution >= 0.6 is 0 Å². The Bertz CT molecular complexity index is 576. The van der Waals surface area contributed by atoms with Crippen molar-refractivity contribution in [2.45, 2.75) is 18.8 Å². The van der Waals surface area contributed by atoms with Crippen molar-refractivity contribution < 1.29 is 32.9 Å². The minimum absolute atomic E-state index is 0.0465. The smallest absolute Gasteiger partial charge is 0.450 e. The van der Waals surface area contributed by atoms with Gasteiger partial charge < -0.3 is 25.1 Å². The zero-order valence-electron chi connectivity index (χ0n) is 10.8. The molecule has 8 heteroatoms. The van der Waals surface area contributed by atoms with Crippen molar-refractivity contribution in [2.75, 3.05) is 6.61 Å². The summed E-state index contributed by atoms with van der Waals surface area (Å²) in [7, 11) is 0. The first-order valence-corrected chi connectivity index (χ1v) is 5.99. The number of benzene rings is 1. The first-order valence-electron chi connectivity index (χ1n) is 5.99. The highest BCUT2D eigenvalue weighted by atomic mass is 19.3. The lowest BCUT2D eigenvalue weighted by atomic mass is 9.98. The summed E-state index contributed by atoms with van der Waals surface area (Å²) in [5.74, 6) is -0.445. The second-order valence-corrected chi connectivity index (χ2v) is 4.24. The minimum Gasteiger partial charge on any atom is -0.450 e. The lowest BCUT2D eigenvalue weighted by Crippen LogP contribution is -2.26. The molecule has 1 amide bonds. The van der Waals surface area contributed by atoms with Crippen LogP contribution in [0.15, 0.2) is 18.7 Å². The summed E-state index contributed by atoms with van der Waals surface area (Å²) in [6.07, 6.45) is -4.66. The molecular weight excluding hydrogens is 288 g/mol. The maximum Gasteiger partial charge on any atom is 0.586 e. The fourth-order valence-electron chi connectivity index (χ4n) is 1.99. The van der Waals surface area contributed by atoms with E-state index in [1.165, 1.54) is 18.2 Å². The molecule has 0 bridgehead atoms. The SMILES string of the molecule is C=Cc1ccc2c(c1C(O)CCOC(N)=O)OC(F)(F)O2. The van der Waals surface area contributed by atoms with Gasteiger partial charge in [-0.05, 0) is 11.6 Å². The molecule has 1 unspecified atom stereocenters. The molecule has 1 aliphatic heterocycles.